The molecule has 1 N–H and O–H groups in total. The number of rotatable bonds is 1. The highest BCUT2D eigenvalue weighted by Crippen LogP contribution is 2.27. The molecule has 1 unspecified atom stereocenters. The van der Waals surface area contributed by atoms with Crippen LogP contribution in [0.25, 0.3) is 16.5 Å². The van der Waals surface area contributed by atoms with E-state index in [2.05, 4.69) is 30.1 Å². The Bertz CT molecular complexity index is 655. The summed E-state index contributed by atoms with van der Waals surface area (Å²) in [6.45, 7) is 2.20. The number of fused-ring (bicyclic) bond motifs is 1. The van der Waals surface area contributed by atoms with Crippen molar-refractivity contribution in [3.63, 3.8) is 0 Å². The average Bonchev–Trinajstić information content (AvgIpc) is 2.40. The Morgan fingerprint density at radius 1 is 1.22 bits per heavy atom. The Labute approximate surface area is 106 Å². The highest BCUT2D eigenvalue weighted by Gasteiger charge is 2.08. The van der Waals surface area contributed by atoms with E-state index in [0.717, 1.165) is 23.1 Å². The Balaban J connectivity index is 2.09. The first kappa shape index (κ1) is 11.0. The van der Waals surface area contributed by atoms with Crippen LogP contribution >= 0.6 is 0 Å². The molecule has 18 heavy (non-hydrogen) atoms. The van der Waals surface area contributed by atoms with Crippen LogP contribution < -0.4 is 0 Å². The molecule has 3 rings (SSSR count). The first-order valence-corrected chi connectivity index (χ1v) is 6.21. The predicted octanol–water partition coefficient (Wildman–Crippen LogP) is 3.92. The molecule has 0 aliphatic heterocycles. The van der Waals surface area contributed by atoms with Gasteiger partial charge in [0.15, 0.2) is 0 Å². The third-order valence-corrected chi connectivity index (χ3v) is 3.31. The van der Waals surface area contributed by atoms with Gasteiger partial charge in [-0.15, -0.1) is 0 Å². The Kier molecular flexibility index (Phi) is 2.63. The molecule has 0 saturated heterocycles. The van der Waals surface area contributed by atoms with E-state index < -0.39 is 0 Å². The lowest BCUT2D eigenvalue weighted by atomic mass is 9.96. The smallest absolute Gasteiger partial charge is 0.141 e. The Morgan fingerprint density at radius 2 is 2.11 bits per heavy atom. The van der Waals surface area contributed by atoms with Gasteiger partial charge in [0.25, 0.3) is 0 Å². The zero-order chi connectivity index (χ0) is 12.5. The van der Waals surface area contributed by atoms with Gasteiger partial charge in [-0.3, -0.25) is 0 Å². The number of hydrogen-bond donors (Lipinski definition) is 1. The number of allylic oxidation sites excluding steroid dienone is 4. The Hall–Kier alpha value is -2.09. The summed E-state index contributed by atoms with van der Waals surface area (Å²) < 4.78 is 0. The summed E-state index contributed by atoms with van der Waals surface area (Å²) in [5.74, 6) is 0.839. The van der Waals surface area contributed by atoms with Gasteiger partial charge in [0.1, 0.15) is 11.3 Å². The molecule has 1 heterocycles. The molecule has 90 valence electrons. The molecule has 0 radical (unpaired) electrons. The number of hydrogen-bond acceptors (Lipinski definition) is 2. The minimum absolute atomic E-state index is 0.239. The molecular weight excluding hydrogens is 222 g/mol. The quantitative estimate of drug-likeness (QED) is 0.815. The van der Waals surface area contributed by atoms with Crippen molar-refractivity contribution in [2.24, 2.45) is 5.92 Å². The third-order valence-electron chi connectivity index (χ3n) is 3.31. The van der Waals surface area contributed by atoms with Gasteiger partial charge in [0.2, 0.25) is 0 Å². The van der Waals surface area contributed by atoms with Crippen molar-refractivity contribution in [2.45, 2.75) is 13.3 Å². The third kappa shape index (κ3) is 1.90. The molecular formula is C16H15NO. The first-order chi connectivity index (χ1) is 8.74. The predicted molar refractivity (Wildman–Crippen MR) is 74.3 cm³/mol. The minimum atomic E-state index is 0.239. The molecule has 0 fully saturated rings. The zero-order valence-corrected chi connectivity index (χ0v) is 10.3. The van der Waals surface area contributed by atoms with E-state index in [4.69, 9.17) is 0 Å². The maximum absolute atomic E-state index is 9.84. The molecule has 2 heteroatoms. The van der Waals surface area contributed by atoms with Crippen LogP contribution in [0.3, 0.4) is 0 Å². The molecule has 2 aromatic rings. The van der Waals surface area contributed by atoms with Crippen LogP contribution in [0.1, 0.15) is 19.0 Å². The SMILES string of the molecule is CC1C=CC(c2ccc3cccc(O)c3n2)=CC1. The zero-order valence-electron chi connectivity index (χ0n) is 10.3. The van der Waals surface area contributed by atoms with E-state index in [1.54, 1.807) is 6.07 Å². The monoisotopic (exact) mass is 237 g/mol. The molecule has 0 bridgehead atoms. The molecule has 1 atom stereocenters. The van der Waals surface area contributed by atoms with E-state index >= 15 is 0 Å². The molecule has 1 aliphatic carbocycles. The number of pyridine rings is 1. The van der Waals surface area contributed by atoms with Gasteiger partial charge in [-0.2, -0.15) is 0 Å². The summed E-state index contributed by atoms with van der Waals surface area (Å²) >= 11 is 0. The summed E-state index contributed by atoms with van der Waals surface area (Å²) in [7, 11) is 0. The van der Waals surface area contributed by atoms with Crippen LogP contribution in [-0.2, 0) is 0 Å². The van der Waals surface area contributed by atoms with E-state index in [1.807, 2.05) is 24.3 Å². The highest BCUT2D eigenvalue weighted by atomic mass is 16.3. The summed E-state index contributed by atoms with van der Waals surface area (Å²) in [6, 6.07) is 9.48. The topological polar surface area (TPSA) is 33.1 Å². The number of aromatic hydroxyl groups is 1. The van der Waals surface area contributed by atoms with Crippen LogP contribution in [0.5, 0.6) is 5.75 Å². The standard InChI is InChI=1S/C16H15NO/c1-11-5-7-12(8-6-11)14-10-9-13-3-2-4-15(18)16(13)17-14/h2-5,7-11,18H,6H2,1H3. The number of phenols is 1. The van der Waals surface area contributed by atoms with Gasteiger partial charge in [-0.05, 0) is 30.0 Å². The molecule has 0 amide bonds. The van der Waals surface area contributed by atoms with Crippen LogP contribution in [0, 0.1) is 5.92 Å². The number of aromatic nitrogens is 1. The fraction of sp³-hybridized carbons (Fsp3) is 0.188. The molecule has 1 aliphatic rings. The average molecular weight is 237 g/mol. The number of nitrogens with zero attached hydrogens (tertiary/aromatic N) is 1. The van der Waals surface area contributed by atoms with E-state index in [-0.39, 0.29) is 5.75 Å². The van der Waals surface area contributed by atoms with Gasteiger partial charge < -0.3 is 5.11 Å². The van der Waals surface area contributed by atoms with Crippen molar-refractivity contribution in [3.05, 3.63) is 54.3 Å². The minimum Gasteiger partial charge on any atom is -0.506 e. The summed E-state index contributed by atoms with van der Waals surface area (Å²) in [5.41, 5.74) is 2.73. The Morgan fingerprint density at radius 3 is 2.89 bits per heavy atom. The molecule has 1 aromatic carbocycles. The molecule has 2 nitrogen and oxygen atoms in total. The maximum Gasteiger partial charge on any atom is 0.141 e. The van der Waals surface area contributed by atoms with Gasteiger partial charge in [-0.25, -0.2) is 4.98 Å². The van der Waals surface area contributed by atoms with Crippen molar-refractivity contribution < 1.29 is 5.11 Å². The van der Waals surface area contributed by atoms with Crippen LogP contribution in [0.15, 0.2) is 48.6 Å². The first-order valence-electron chi connectivity index (χ1n) is 6.21. The van der Waals surface area contributed by atoms with Crippen molar-refractivity contribution in [2.75, 3.05) is 0 Å². The van der Waals surface area contributed by atoms with Crippen molar-refractivity contribution in [3.8, 4) is 5.75 Å². The van der Waals surface area contributed by atoms with Crippen molar-refractivity contribution >= 4 is 16.5 Å². The summed E-state index contributed by atoms with van der Waals surface area (Å²) in [4.78, 5) is 4.55. The summed E-state index contributed by atoms with van der Waals surface area (Å²) in [6.07, 6.45) is 7.57. The van der Waals surface area contributed by atoms with Crippen molar-refractivity contribution in [1.29, 1.82) is 0 Å². The lowest BCUT2D eigenvalue weighted by molar-refractivity contribution is 0.480. The van der Waals surface area contributed by atoms with E-state index in [1.165, 1.54) is 0 Å². The largest absolute Gasteiger partial charge is 0.506 e. The van der Waals surface area contributed by atoms with Crippen LogP contribution in [0.2, 0.25) is 0 Å². The molecule has 0 saturated carbocycles. The number of phenolic OH excluding ortho intramolecular Hbond substituents is 1. The summed E-state index contributed by atoms with van der Waals surface area (Å²) in [5, 5.41) is 10.8. The normalized spacial score (nSPS) is 18.9. The second-order valence-electron chi connectivity index (χ2n) is 4.78. The maximum atomic E-state index is 9.84. The lowest BCUT2D eigenvalue weighted by Crippen LogP contribution is -1.96. The highest BCUT2D eigenvalue weighted by molar-refractivity contribution is 5.86. The lowest BCUT2D eigenvalue weighted by Gasteiger charge is -2.12. The molecule has 0 spiro atoms. The fourth-order valence-electron chi connectivity index (χ4n) is 2.21. The van der Waals surface area contributed by atoms with E-state index in [9.17, 15) is 5.11 Å². The van der Waals surface area contributed by atoms with Gasteiger partial charge in [0.05, 0.1) is 5.69 Å². The van der Waals surface area contributed by atoms with Gasteiger partial charge in [-0.1, -0.05) is 43.4 Å². The number of benzene rings is 1. The number of para-hydroxylation sites is 1. The molecule has 1 aromatic heterocycles. The fourth-order valence-corrected chi connectivity index (χ4v) is 2.21. The van der Waals surface area contributed by atoms with Gasteiger partial charge >= 0.3 is 0 Å². The van der Waals surface area contributed by atoms with Crippen LogP contribution in [-0.4, -0.2) is 10.1 Å². The second-order valence-corrected chi connectivity index (χ2v) is 4.78. The van der Waals surface area contributed by atoms with Gasteiger partial charge in [0, 0.05) is 5.39 Å². The van der Waals surface area contributed by atoms with E-state index in [0.29, 0.717) is 11.4 Å². The van der Waals surface area contributed by atoms with Crippen molar-refractivity contribution in [1.82, 2.24) is 4.98 Å². The van der Waals surface area contributed by atoms with Crippen LogP contribution in [0.4, 0.5) is 0 Å². The second kappa shape index (κ2) is 4.30.